The molecule has 5 heteroatoms. The molecule has 0 bridgehead atoms. The van der Waals surface area contributed by atoms with Crippen molar-refractivity contribution in [3.8, 4) is 11.1 Å². The van der Waals surface area contributed by atoms with E-state index in [4.69, 9.17) is 0 Å². The third kappa shape index (κ3) is 2.09. The Kier molecular flexibility index (Phi) is 3.09. The quantitative estimate of drug-likeness (QED) is 0.807. The molecule has 4 nitrogen and oxygen atoms in total. The lowest BCUT2D eigenvalue weighted by Gasteiger charge is -2.39. The fraction of sp³-hybridized carbons (Fsp3) is 0.250. The molecule has 0 unspecified atom stereocenters. The standard InChI is InChI=1S/C16H15N3OS/c20-8-11-6-19(7-11)15-14-13(12-4-2-1-3-5-12)9-21-16(14)18-10-17-15/h1-5,9-11,20H,6-8H2. The zero-order valence-electron chi connectivity index (χ0n) is 11.4. The minimum Gasteiger partial charge on any atom is -0.396 e. The van der Waals surface area contributed by atoms with Crippen LogP contribution in [0.1, 0.15) is 0 Å². The number of benzene rings is 1. The topological polar surface area (TPSA) is 49.2 Å². The highest BCUT2D eigenvalue weighted by atomic mass is 32.1. The minimum atomic E-state index is 0.250. The van der Waals surface area contributed by atoms with Crippen LogP contribution in [0.15, 0.2) is 42.0 Å². The highest BCUT2D eigenvalue weighted by Gasteiger charge is 2.29. The fourth-order valence-electron chi connectivity index (χ4n) is 2.79. The summed E-state index contributed by atoms with van der Waals surface area (Å²) in [4.78, 5) is 12.1. The van der Waals surface area contributed by atoms with Crippen molar-refractivity contribution in [3.63, 3.8) is 0 Å². The number of nitrogens with zero attached hydrogens (tertiary/aromatic N) is 3. The van der Waals surface area contributed by atoms with Gasteiger partial charge in [-0.25, -0.2) is 9.97 Å². The number of aliphatic hydroxyl groups excluding tert-OH is 1. The maximum absolute atomic E-state index is 9.20. The van der Waals surface area contributed by atoms with Crippen molar-refractivity contribution in [1.82, 2.24) is 9.97 Å². The number of thiophene rings is 1. The molecule has 2 aromatic heterocycles. The van der Waals surface area contributed by atoms with Crippen molar-refractivity contribution in [1.29, 1.82) is 0 Å². The lowest BCUT2D eigenvalue weighted by Crippen LogP contribution is -2.48. The lowest BCUT2D eigenvalue weighted by molar-refractivity contribution is 0.200. The van der Waals surface area contributed by atoms with E-state index in [1.54, 1.807) is 17.7 Å². The van der Waals surface area contributed by atoms with E-state index in [0.29, 0.717) is 5.92 Å². The largest absolute Gasteiger partial charge is 0.396 e. The summed E-state index contributed by atoms with van der Waals surface area (Å²) < 4.78 is 0. The van der Waals surface area contributed by atoms with Crippen molar-refractivity contribution in [2.75, 3.05) is 24.6 Å². The van der Waals surface area contributed by atoms with Crippen LogP contribution in [0.5, 0.6) is 0 Å². The Bertz CT molecular complexity index is 766. The third-order valence-corrected chi connectivity index (χ3v) is 4.84. The first-order valence-corrected chi connectivity index (χ1v) is 7.88. The summed E-state index contributed by atoms with van der Waals surface area (Å²) in [6.07, 6.45) is 1.63. The molecule has 1 N–H and O–H groups in total. The maximum Gasteiger partial charge on any atom is 0.141 e. The highest BCUT2D eigenvalue weighted by molar-refractivity contribution is 7.17. The first-order valence-electron chi connectivity index (χ1n) is 7.00. The molecule has 1 saturated heterocycles. The van der Waals surface area contributed by atoms with Gasteiger partial charge in [0.1, 0.15) is 17.0 Å². The van der Waals surface area contributed by atoms with Gasteiger partial charge in [0, 0.05) is 36.6 Å². The van der Waals surface area contributed by atoms with Crippen LogP contribution >= 0.6 is 11.3 Å². The Morgan fingerprint density at radius 1 is 1.19 bits per heavy atom. The Morgan fingerprint density at radius 2 is 2.00 bits per heavy atom. The van der Waals surface area contributed by atoms with Crippen LogP contribution in [0.4, 0.5) is 5.82 Å². The van der Waals surface area contributed by atoms with E-state index in [9.17, 15) is 5.11 Å². The van der Waals surface area contributed by atoms with Gasteiger partial charge in [-0.2, -0.15) is 0 Å². The Hall–Kier alpha value is -1.98. The van der Waals surface area contributed by atoms with Crippen LogP contribution < -0.4 is 4.90 Å². The van der Waals surface area contributed by atoms with Crippen LogP contribution in [0, 0.1) is 5.92 Å². The second kappa shape index (κ2) is 5.09. The molecule has 3 aromatic rings. The molecule has 0 aliphatic carbocycles. The highest BCUT2D eigenvalue weighted by Crippen LogP contribution is 2.39. The van der Waals surface area contributed by atoms with Crippen LogP contribution in [0.3, 0.4) is 0 Å². The van der Waals surface area contributed by atoms with Gasteiger partial charge >= 0.3 is 0 Å². The first kappa shape index (κ1) is 12.7. The normalized spacial score (nSPS) is 15.4. The monoisotopic (exact) mass is 297 g/mol. The van der Waals surface area contributed by atoms with Gasteiger partial charge in [0.25, 0.3) is 0 Å². The van der Waals surface area contributed by atoms with E-state index in [1.807, 2.05) is 18.2 Å². The van der Waals surface area contributed by atoms with Gasteiger partial charge in [0.05, 0.1) is 5.39 Å². The molecule has 4 rings (SSSR count). The minimum absolute atomic E-state index is 0.250. The molecule has 0 saturated carbocycles. The molecule has 106 valence electrons. The summed E-state index contributed by atoms with van der Waals surface area (Å²) in [6.45, 7) is 1.99. The van der Waals surface area contributed by atoms with E-state index in [2.05, 4.69) is 32.4 Å². The number of hydrogen-bond acceptors (Lipinski definition) is 5. The van der Waals surface area contributed by atoms with Crippen molar-refractivity contribution >= 4 is 27.4 Å². The number of fused-ring (bicyclic) bond motifs is 1. The molecular weight excluding hydrogens is 282 g/mol. The number of aliphatic hydroxyl groups is 1. The van der Waals surface area contributed by atoms with Gasteiger partial charge in [-0.1, -0.05) is 30.3 Å². The van der Waals surface area contributed by atoms with E-state index < -0.39 is 0 Å². The van der Waals surface area contributed by atoms with Gasteiger partial charge < -0.3 is 10.0 Å². The summed E-state index contributed by atoms with van der Waals surface area (Å²) in [5, 5.41) is 12.5. The average Bonchev–Trinajstić information content (AvgIpc) is 2.92. The second-order valence-electron chi connectivity index (χ2n) is 5.35. The van der Waals surface area contributed by atoms with Gasteiger partial charge in [-0.05, 0) is 5.56 Å². The van der Waals surface area contributed by atoms with Crippen molar-refractivity contribution in [2.45, 2.75) is 0 Å². The molecule has 1 aliphatic rings. The summed E-state index contributed by atoms with van der Waals surface area (Å²) >= 11 is 1.65. The molecule has 0 amide bonds. The average molecular weight is 297 g/mol. The molecular formula is C16H15N3OS. The van der Waals surface area contributed by atoms with Gasteiger partial charge in [0.15, 0.2) is 0 Å². The molecule has 1 fully saturated rings. The smallest absolute Gasteiger partial charge is 0.141 e. The Balaban J connectivity index is 1.83. The molecule has 21 heavy (non-hydrogen) atoms. The lowest BCUT2D eigenvalue weighted by atomic mass is 10.00. The van der Waals surface area contributed by atoms with E-state index >= 15 is 0 Å². The predicted octanol–water partition coefficient (Wildman–Crippen LogP) is 2.79. The first-order chi connectivity index (χ1) is 10.4. The van der Waals surface area contributed by atoms with E-state index in [1.165, 1.54) is 11.1 Å². The Labute approximate surface area is 126 Å². The number of rotatable bonds is 3. The fourth-order valence-corrected chi connectivity index (χ4v) is 3.70. The van der Waals surface area contributed by atoms with Crippen molar-refractivity contribution in [2.24, 2.45) is 5.92 Å². The van der Waals surface area contributed by atoms with Gasteiger partial charge in [-0.3, -0.25) is 0 Å². The molecule has 1 aliphatic heterocycles. The molecule has 1 aromatic carbocycles. The van der Waals surface area contributed by atoms with Gasteiger partial charge in [-0.15, -0.1) is 11.3 Å². The number of hydrogen-bond donors (Lipinski definition) is 1. The third-order valence-electron chi connectivity index (χ3n) is 3.95. The van der Waals surface area contributed by atoms with Crippen LogP contribution in [-0.4, -0.2) is 34.8 Å². The van der Waals surface area contributed by atoms with Crippen LogP contribution in [-0.2, 0) is 0 Å². The van der Waals surface area contributed by atoms with Crippen LogP contribution in [0.25, 0.3) is 21.3 Å². The molecule has 0 spiro atoms. The summed E-state index contributed by atoms with van der Waals surface area (Å²) in [7, 11) is 0. The van der Waals surface area contributed by atoms with Crippen molar-refractivity contribution in [3.05, 3.63) is 42.0 Å². The SMILES string of the molecule is OCC1CN(c2ncnc3scc(-c4ccccc4)c23)C1. The van der Waals surface area contributed by atoms with Crippen LogP contribution in [0.2, 0.25) is 0 Å². The van der Waals surface area contributed by atoms with Gasteiger partial charge in [0.2, 0.25) is 0 Å². The molecule has 0 atom stereocenters. The second-order valence-corrected chi connectivity index (χ2v) is 6.20. The molecule has 0 radical (unpaired) electrons. The van der Waals surface area contributed by atoms with E-state index in [0.717, 1.165) is 29.1 Å². The zero-order valence-corrected chi connectivity index (χ0v) is 12.3. The maximum atomic E-state index is 9.20. The summed E-state index contributed by atoms with van der Waals surface area (Å²) in [5.41, 5.74) is 2.39. The zero-order chi connectivity index (χ0) is 14.2. The summed E-state index contributed by atoms with van der Waals surface area (Å²) in [5.74, 6) is 1.36. The van der Waals surface area contributed by atoms with E-state index in [-0.39, 0.29) is 6.61 Å². The predicted molar refractivity (Wildman–Crippen MR) is 85.6 cm³/mol. The molecule has 3 heterocycles. The number of anilines is 1. The Morgan fingerprint density at radius 3 is 2.76 bits per heavy atom. The summed E-state index contributed by atoms with van der Waals surface area (Å²) in [6, 6.07) is 10.4. The number of aromatic nitrogens is 2. The van der Waals surface area contributed by atoms with Crippen molar-refractivity contribution < 1.29 is 5.11 Å².